The molecule has 1 saturated heterocycles. The molecule has 3 heterocycles. The van der Waals surface area contributed by atoms with Gasteiger partial charge < -0.3 is 29.4 Å². The van der Waals surface area contributed by atoms with Crippen molar-refractivity contribution in [2.75, 3.05) is 77.7 Å². The van der Waals surface area contributed by atoms with Crippen LogP contribution in [-0.4, -0.2) is 97.7 Å². The van der Waals surface area contributed by atoms with Crippen molar-refractivity contribution in [3.63, 3.8) is 0 Å². The first kappa shape index (κ1) is 31.6. The molecule has 0 unspecified atom stereocenters. The second-order valence-corrected chi connectivity index (χ2v) is 11.2. The van der Waals surface area contributed by atoms with Crippen LogP contribution in [0.4, 0.5) is 5.69 Å². The lowest BCUT2D eigenvalue weighted by Gasteiger charge is -2.26. The van der Waals surface area contributed by atoms with Crippen LogP contribution in [0.2, 0.25) is 0 Å². The van der Waals surface area contributed by atoms with Crippen LogP contribution in [0.1, 0.15) is 5.82 Å². The molecule has 240 valence electrons. The SMILES string of the molecule is O=C(Cn1c(CCN2CCOCC2)nc(=O)c2ccccc21)NCCOCCOCCNc1c2ccccc2nc2ccccc12. The predicted molar refractivity (Wildman–Crippen MR) is 179 cm³/mol. The number of hydrogen-bond donors (Lipinski definition) is 2. The second-order valence-electron chi connectivity index (χ2n) is 11.2. The zero-order valence-electron chi connectivity index (χ0n) is 26.0. The molecule has 1 aliphatic rings. The van der Waals surface area contributed by atoms with Crippen molar-refractivity contribution in [1.29, 1.82) is 0 Å². The van der Waals surface area contributed by atoms with Crippen molar-refractivity contribution in [3.8, 4) is 0 Å². The molecule has 0 atom stereocenters. The average molecular weight is 625 g/mol. The highest BCUT2D eigenvalue weighted by molar-refractivity contribution is 6.07. The zero-order chi connectivity index (χ0) is 31.6. The summed E-state index contributed by atoms with van der Waals surface area (Å²) >= 11 is 0. The summed E-state index contributed by atoms with van der Waals surface area (Å²) in [6.07, 6.45) is 0.571. The van der Waals surface area contributed by atoms with Crippen molar-refractivity contribution >= 4 is 44.3 Å². The monoisotopic (exact) mass is 624 g/mol. The highest BCUT2D eigenvalue weighted by Crippen LogP contribution is 2.30. The topological polar surface area (TPSA) is 120 Å². The summed E-state index contributed by atoms with van der Waals surface area (Å²) in [6.45, 7) is 6.72. The number of hydrogen-bond acceptors (Lipinski definition) is 9. The van der Waals surface area contributed by atoms with Gasteiger partial charge in [-0.15, -0.1) is 0 Å². The van der Waals surface area contributed by atoms with Gasteiger partial charge in [0, 0.05) is 49.9 Å². The van der Waals surface area contributed by atoms with Crippen molar-refractivity contribution in [2.45, 2.75) is 13.0 Å². The summed E-state index contributed by atoms with van der Waals surface area (Å²) in [5, 5.41) is 9.14. The first-order chi connectivity index (χ1) is 22.7. The van der Waals surface area contributed by atoms with Gasteiger partial charge in [0.1, 0.15) is 12.4 Å². The number of pyridine rings is 1. The number of morpholine rings is 1. The summed E-state index contributed by atoms with van der Waals surface area (Å²) in [5.74, 6) is 0.448. The summed E-state index contributed by atoms with van der Waals surface area (Å²) in [4.78, 5) is 37.1. The van der Waals surface area contributed by atoms with Crippen LogP contribution >= 0.6 is 0 Å². The van der Waals surface area contributed by atoms with Crippen molar-refractivity contribution < 1.29 is 19.0 Å². The van der Waals surface area contributed by atoms with Crippen LogP contribution in [0, 0.1) is 0 Å². The summed E-state index contributed by atoms with van der Waals surface area (Å²) < 4.78 is 18.8. The Morgan fingerprint density at radius 2 is 1.41 bits per heavy atom. The van der Waals surface area contributed by atoms with Crippen LogP contribution in [-0.2, 0) is 32.0 Å². The van der Waals surface area contributed by atoms with E-state index in [4.69, 9.17) is 19.2 Å². The van der Waals surface area contributed by atoms with E-state index in [1.165, 1.54) is 0 Å². The van der Waals surface area contributed by atoms with E-state index in [0.29, 0.717) is 75.9 Å². The molecule has 2 N–H and O–H groups in total. The second kappa shape index (κ2) is 15.7. The first-order valence-corrected chi connectivity index (χ1v) is 15.9. The molecule has 6 rings (SSSR count). The van der Waals surface area contributed by atoms with Gasteiger partial charge in [-0.1, -0.05) is 48.5 Å². The Morgan fingerprint density at radius 3 is 2.13 bits per heavy atom. The van der Waals surface area contributed by atoms with E-state index in [0.717, 1.165) is 47.1 Å². The maximum absolute atomic E-state index is 12.9. The number of benzene rings is 3. The molecule has 5 aromatic rings. The normalized spacial score (nSPS) is 13.8. The van der Waals surface area contributed by atoms with Crippen LogP contribution in [0.3, 0.4) is 0 Å². The molecular formula is C35H40N6O5. The van der Waals surface area contributed by atoms with Gasteiger partial charge in [0.05, 0.1) is 67.3 Å². The summed E-state index contributed by atoms with van der Waals surface area (Å²) in [7, 11) is 0. The van der Waals surface area contributed by atoms with Gasteiger partial charge in [0.25, 0.3) is 5.56 Å². The van der Waals surface area contributed by atoms with E-state index >= 15 is 0 Å². The van der Waals surface area contributed by atoms with Gasteiger partial charge >= 0.3 is 0 Å². The van der Waals surface area contributed by atoms with Gasteiger partial charge in [0.15, 0.2) is 0 Å². The average Bonchev–Trinajstić information content (AvgIpc) is 3.09. The first-order valence-electron chi connectivity index (χ1n) is 15.9. The predicted octanol–water partition coefficient (Wildman–Crippen LogP) is 3.23. The smallest absolute Gasteiger partial charge is 0.280 e. The van der Waals surface area contributed by atoms with E-state index in [1.807, 2.05) is 59.2 Å². The molecule has 0 radical (unpaired) electrons. The molecule has 11 heteroatoms. The number of aromatic nitrogens is 3. The highest BCUT2D eigenvalue weighted by Gasteiger charge is 2.16. The number of ether oxygens (including phenoxy) is 3. The number of para-hydroxylation sites is 3. The Balaban J connectivity index is 0.923. The molecule has 0 bridgehead atoms. The van der Waals surface area contributed by atoms with E-state index in [9.17, 15) is 9.59 Å². The van der Waals surface area contributed by atoms with Crippen molar-refractivity contribution in [2.24, 2.45) is 0 Å². The fourth-order valence-electron chi connectivity index (χ4n) is 5.78. The van der Waals surface area contributed by atoms with Gasteiger partial charge in [-0.3, -0.25) is 14.5 Å². The van der Waals surface area contributed by atoms with E-state index in [2.05, 4.69) is 32.7 Å². The van der Waals surface area contributed by atoms with Gasteiger partial charge in [-0.05, 0) is 24.3 Å². The number of rotatable bonds is 15. The molecule has 0 spiro atoms. The molecule has 46 heavy (non-hydrogen) atoms. The Hall–Kier alpha value is -4.42. The molecule has 1 fully saturated rings. The quantitative estimate of drug-likeness (QED) is 0.134. The molecule has 3 aromatic carbocycles. The molecule has 1 aliphatic heterocycles. The van der Waals surface area contributed by atoms with E-state index in [1.54, 1.807) is 6.07 Å². The third-order valence-electron chi connectivity index (χ3n) is 8.10. The third-order valence-corrected chi connectivity index (χ3v) is 8.10. The largest absolute Gasteiger partial charge is 0.382 e. The summed E-state index contributed by atoms with van der Waals surface area (Å²) in [6, 6.07) is 23.5. The third kappa shape index (κ3) is 7.86. The fourth-order valence-corrected chi connectivity index (χ4v) is 5.78. The van der Waals surface area contributed by atoms with Crippen LogP contribution in [0.5, 0.6) is 0 Å². The number of carbonyl (C=O) groups is 1. The molecule has 2 aromatic heterocycles. The van der Waals surface area contributed by atoms with Gasteiger partial charge in [-0.2, -0.15) is 4.98 Å². The van der Waals surface area contributed by atoms with Crippen LogP contribution < -0.4 is 16.2 Å². The standard InChI is InChI=1S/C35H40N6O5/c42-33(25-41-31-12-6-3-9-28(31)35(43)39-32(41)13-16-40-17-21-46-22-18-40)36-14-19-44-23-24-45-20-15-37-34-26-7-1-4-10-29(26)38-30-11-5-2-8-27(30)34/h1-12H,13-25H2,(H,36,42)(H,37,38). The van der Waals surface area contributed by atoms with Crippen molar-refractivity contribution in [3.05, 3.63) is 89.0 Å². The Bertz CT molecular complexity index is 1780. The Kier molecular flexibility index (Phi) is 10.8. The molecular weight excluding hydrogens is 584 g/mol. The number of anilines is 1. The Morgan fingerprint density at radius 1 is 0.783 bits per heavy atom. The molecule has 0 aliphatic carbocycles. The lowest BCUT2D eigenvalue weighted by Crippen LogP contribution is -2.38. The number of nitrogens with zero attached hydrogens (tertiary/aromatic N) is 4. The Labute approximate surface area is 267 Å². The highest BCUT2D eigenvalue weighted by atomic mass is 16.5. The van der Waals surface area contributed by atoms with E-state index < -0.39 is 0 Å². The van der Waals surface area contributed by atoms with Gasteiger partial charge in [-0.25, -0.2) is 4.98 Å². The maximum Gasteiger partial charge on any atom is 0.280 e. The summed E-state index contributed by atoms with van der Waals surface area (Å²) in [5.41, 5.74) is 3.42. The van der Waals surface area contributed by atoms with Crippen LogP contribution in [0.25, 0.3) is 32.7 Å². The zero-order valence-corrected chi connectivity index (χ0v) is 26.0. The minimum Gasteiger partial charge on any atom is -0.382 e. The number of carbonyl (C=O) groups excluding carboxylic acids is 1. The van der Waals surface area contributed by atoms with Crippen molar-refractivity contribution in [1.82, 2.24) is 24.8 Å². The molecule has 0 saturated carbocycles. The molecule has 11 nitrogen and oxygen atoms in total. The minimum atomic E-state index is -0.269. The van der Waals surface area contributed by atoms with Crippen LogP contribution in [0.15, 0.2) is 77.6 Å². The van der Waals surface area contributed by atoms with Gasteiger partial charge in [0.2, 0.25) is 5.91 Å². The fraction of sp³-hybridized carbons (Fsp3) is 0.371. The molecule has 1 amide bonds. The number of nitrogens with one attached hydrogen (secondary N) is 2. The minimum absolute atomic E-state index is 0.0738. The number of amides is 1. The lowest BCUT2D eigenvalue weighted by atomic mass is 10.1. The lowest BCUT2D eigenvalue weighted by molar-refractivity contribution is -0.121. The maximum atomic E-state index is 12.9. The van der Waals surface area contributed by atoms with E-state index in [-0.39, 0.29) is 18.0 Å². The number of fused-ring (bicyclic) bond motifs is 3.